The van der Waals surface area contributed by atoms with Crippen LogP contribution in [-0.2, 0) is 16.0 Å². The molecule has 0 saturated heterocycles. The summed E-state index contributed by atoms with van der Waals surface area (Å²) in [4.78, 5) is 26.3. The maximum atomic E-state index is 12.3. The average Bonchev–Trinajstić information content (AvgIpc) is 2.68. The molecule has 0 saturated carbocycles. The molecular formula is C20H23N3O4. The van der Waals surface area contributed by atoms with Gasteiger partial charge in [-0.15, -0.1) is 0 Å². The molecule has 3 rings (SSSR count). The van der Waals surface area contributed by atoms with Crippen molar-refractivity contribution < 1.29 is 19.1 Å². The molecule has 0 spiro atoms. The number of hydrogen-bond donors (Lipinski definition) is 2. The molecule has 1 heterocycles. The summed E-state index contributed by atoms with van der Waals surface area (Å²) in [7, 11) is 3.09. The molecule has 0 atom stereocenters. The summed E-state index contributed by atoms with van der Waals surface area (Å²) in [6.07, 6.45) is 1.82. The molecule has 2 aromatic carbocycles. The normalized spacial score (nSPS) is 12.9. The van der Waals surface area contributed by atoms with Crippen LogP contribution >= 0.6 is 0 Å². The van der Waals surface area contributed by atoms with Crippen molar-refractivity contribution in [3.05, 3.63) is 48.0 Å². The van der Waals surface area contributed by atoms with Crippen LogP contribution < -0.4 is 20.3 Å². The van der Waals surface area contributed by atoms with Crippen LogP contribution in [0.1, 0.15) is 12.0 Å². The van der Waals surface area contributed by atoms with Crippen molar-refractivity contribution in [2.24, 2.45) is 0 Å². The number of nitrogens with zero attached hydrogens (tertiary/aromatic N) is 1. The molecule has 1 aliphatic heterocycles. The van der Waals surface area contributed by atoms with E-state index in [9.17, 15) is 9.59 Å². The van der Waals surface area contributed by atoms with E-state index in [2.05, 4.69) is 10.6 Å². The van der Waals surface area contributed by atoms with Gasteiger partial charge in [0.1, 0.15) is 12.4 Å². The number of hydrogen-bond acceptors (Lipinski definition) is 4. The Bertz CT molecular complexity index is 820. The standard InChI is InChI=1S/C20H23N3O4/c1-26-13-19(24)23-11-3-4-14-5-6-16(12-18(14)23)22-20(25)21-15-7-9-17(27-2)10-8-15/h5-10,12H,3-4,11,13H2,1-2H3,(H2,21,22,25). The topological polar surface area (TPSA) is 79.9 Å². The van der Waals surface area contributed by atoms with E-state index < -0.39 is 0 Å². The summed E-state index contributed by atoms with van der Waals surface area (Å²) in [5.74, 6) is 0.634. The SMILES string of the molecule is COCC(=O)N1CCCc2ccc(NC(=O)Nc3ccc(OC)cc3)cc21. The van der Waals surface area contributed by atoms with Crippen molar-refractivity contribution in [2.75, 3.05) is 42.9 Å². The first-order valence-corrected chi connectivity index (χ1v) is 8.75. The van der Waals surface area contributed by atoms with Crippen LogP contribution in [-0.4, -0.2) is 39.3 Å². The molecular weight excluding hydrogens is 346 g/mol. The zero-order valence-electron chi connectivity index (χ0n) is 15.5. The van der Waals surface area contributed by atoms with E-state index in [1.54, 1.807) is 36.3 Å². The Kier molecular flexibility index (Phi) is 5.93. The lowest BCUT2D eigenvalue weighted by atomic mass is 10.0. The first-order chi connectivity index (χ1) is 13.1. The lowest BCUT2D eigenvalue weighted by molar-refractivity contribution is -0.122. The summed E-state index contributed by atoms with van der Waals surface area (Å²) in [6, 6.07) is 12.3. The molecule has 0 fully saturated rings. The average molecular weight is 369 g/mol. The number of methoxy groups -OCH3 is 2. The second-order valence-corrected chi connectivity index (χ2v) is 6.23. The van der Waals surface area contributed by atoms with Gasteiger partial charge < -0.3 is 25.0 Å². The Labute approximate surface area is 158 Å². The van der Waals surface area contributed by atoms with E-state index in [1.807, 2.05) is 18.2 Å². The van der Waals surface area contributed by atoms with Crippen LogP contribution in [0.3, 0.4) is 0 Å². The minimum Gasteiger partial charge on any atom is -0.497 e. The van der Waals surface area contributed by atoms with E-state index in [0.717, 1.165) is 29.8 Å². The highest BCUT2D eigenvalue weighted by Gasteiger charge is 2.22. The zero-order chi connectivity index (χ0) is 19.2. The Morgan fingerprint density at radius 1 is 1.04 bits per heavy atom. The van der Waals surface area contributed by atoms with Gasteiger partial charge in [0.2, 0.25) is 0 Å². The predicted molar refractivity (Wildman–Crippen MR) is 105 cm³/mol. The van der Waals surface area contributed by atoms with Gasteiger partial charge in [0.15, 0.2) is 0 Å². The third-order valence-corrected chi connectivity index (χ3v) is 4.38. The van der Waals surface area contributed by atoms with Crippen LogP contribution in [0.5, 0.6) is 5.75 Å². The summed E-state index contributed by atoms with van der Waals surface area (Å²) >= 11 is 0. The fourth-order valence-corrected chi connectivity index (χ4v) is 3.08. The number of benzene rings is 2. The van der Waals surface area contributed by atoms with Crippen molar-refractivity contribution in [3.8, 4) is 5.75 Å². The number of carbonyl (C=O) groups excluding carboxylic acids is 2. The van der Waals surface area contributed by atoms with Crippen LogP contribution in [0.4, 0.5) is 21.9 Å². The number of anilines is 3. The molecule has 0 unspecified atom stereocenters. The Hall–Kier alpha value is -3.06. The lowest BCUT2D eigenvalue weighted by Gasteiger charge is -2.29. The highest BCUT2D eigenvalue weighted by molar-refractivity contribution is 6.01. The van der Waals surface area contributed by atoms with Gasteiger partial charge in [-0.05, 0) is 54.8 Å². The highest BCUT2D eigenvalue weighted by atomic mass is 16.5. The number of ether oxygens (including phenoxy) is 2. The van der Waals surface area contributed by atoms with E-state index in [0.29, 0.717) is 17.9 Å². The second kappa shape index (κ2) is 8.55. The maximum Gasteiger partial charge on any atom is 0.323 e. The smallest absolute Gasteiger partial charge is 0.323 e. The van der Waals surface area contributed by atoms with Crippen molar-refractivity contribution >= 4 is 29.0 Å². The predicted octanol–water partition coefficient (Wildman–Crippen LogP) is 3.26. The van der Waals surface area contributed by atoms with E-state index >= 15 is 0 Å². The summed E-state index contributed by atoms with van der Waals surface area (Å²) < 4.78 is 10.1. The summed E-state index contributed by atoms with van der Waals surface area (Å²) in [6.45, 7) is 0.686. The number of amides is 3. The van der Waals surface area contributed by atoms with E-state index in [-0.39, 0.29) is 18.5 Å². The molecule has 3 amide bonds. The van der Waals surface area contributed by atoms with E-state index in [1.165, 1.54) is 7.11 Å². The molecule has 2 N–H and O–H groups in total. The Morgan fingerprint density at radius 2 is 1.74 bits per heavy atom. The first kappa shape index (κ1) is 18.7. The maximum absolute atomic E-state index is 12.3. The van der Waals surface area contributed by atoms with Crippen LogP contribution in [0.25, 0.3) is 0 Å². The quantitative estimate of drug-likeness (QED) is 0.848. The zero-order valence-corrected chi connectivity index (χ0v) is 15.5. The molecule has 0 radical (unpaired) electrons. The molecule has 7 heteroatoms. The third-order valence-electron chi connectivity index (χ3n) is 4.38. The monoisotopic (exact) mass is 369 g/mol. The van der Waals surface area contributed by atoms with Gasteiger partial charge in [-0.3, -0.25) is 4.79 Å². The molecule has 0 aliphatic carbocycles. The first-order valence-electron chi connectivity index (χ1n) is 8.75. The van der Waals surface area contributed by atoms with Gasteiger partial charge in [0.25, 0.3) is 5.91 Å². The number of urea groups is 1. The van der Waals surface area contributed by atoms with Gasteiger partial charge in [-0.2, -0.15) is 0 Å². The Balaban J connectivity index is 1.70. The van der Waals surface area contributed by atoms with Crippen molar-refractivity contribution in [3.63, 3.8) is 0 Å². The highest BCUT2D eigenvalue weighted by Crippen LogP contribution is 2.30. The van der Waals surface area contributed by atoms with Crippen molar-refractivity contribution in [2.45, 2.75) is 12.8 Å². The van der Waals surface area contributed by atoms with Gasteiger partial charge in [0.05, 0.1) is 7.11 Å². The fourth-order valence-electron chi connectivity index (χ4n) is 3.08. The number of carbonyl (C=O) groups is 2. The Morgan fingerprint density at radius 3 is 2.44 bits per heavy atom. The second-order valence-electron chi connectivity index (χ2n) is 6.23. The molecule has 0 bridgehead atoms. The van der Waals surface area contributed by atoms with Crippen LogP contribution in [0.15, 0.2) is 42.5 Å². The van der Waals surface area contributed by atoms with Crippen LogP contribution in [0.2, 0.25) is 0 Å². The molecule has 7 nitrogen and oxygen atoms in total. The number of nitrogens with one attached hydrogen (secondary N) is 2. The minimum atomic E-state index is -0.356. The van der Waals surface area contributed by atoms with Crippen molar-refractivity contribution in [1.82, 2.24) is 0 Å². The molecule has 1 aliphatic rings. The molecule has 2 aromatic rings. The number of rotatable bonds is 5. The van der Waals surface area contributed by atoms with Gasteiger partial charge in [0, 0.05) is 30.7 Å². The molecule has 27 heavy (non-hydrogen) atoms. The molecule has 142 valence electrons. The van der Waals surface area contributed by atoms with E-state index in [4.69, 9.17) is 9.47 Å². The summed E-state index contributed by atoms with van der Waals surface area (Å²) in [5, 5.41) is 5.58. The lowest BCUT2D eigenvalue weighted by Crippen LogP contribution is -2.37. The van der Waals surface area contributed by atoms with Gasteiger partial charge >= 0.3 is 6.03 Å². The van der Waals surface area contributed by atoms with Gasteiger partial charge in [-0.1, -0.05) is 6.07 Å². The van der Waals surface area contributed by atoms with Crippen LogP contribution in [0, 0.1) is 0 Å². The number of aryl methyl sites for hydroxylation is 1. The minimum absolute atomic E-state index is 0.0368. The summed E-state index contributed by atoms with van der Waals surface area (Å²) in [5.41, 5.74) is 3.19. The van der Waals surface area contributed by atoms with Gasteiger partial charge in [-0.25, -0.2) is 4.79 Å². The largest absolute Gasteiger partial charge is 0.497 e. The van der Waals surface area contributed by atoms with Crippen molar-refractivity contribution in [1.29, 1.82) is 0 Å². The third kappa shape index (κ3) is 4.57. The fraction of sp³-hybridized carbons (Fsp3) is 0.300. The number of fused-ring (bicyclic) bond motifs is 1. The molecule has 0 aromatic heterocycles.